The Labute approximate surface area is 191 Å². The molecule has 0 saturated carbocycles. The summed E-state index contributed by atoms with van der Waals surface area (Å²) in [5.74, 6) is -1.04. The molecule has 5 rings (SSSR count). The van der Waals surface area contributed by atoms with Gasteiger partial charge in [0.05, 0.1) is 23.4 Å². The lowest BCUT2D eigenvalue weighted by Crippen LogP contribution is -2.62. The van der Waals surface area contributed by atoms with Gasteiger partial charge in [-0.1, -0.05) is 54.6 Å². The molecule has 2 heterocycles. The Morgan fingerprint density at radius 1 is 1.06 bits per heavy atom. The highest BCUT2D eigenvalue weighted by Crippen LogP contribution is 2.62. The van der Waals surface area contributed by atoms with Crippen molar-refractivity contribution in [2.75, 3.05) is 18.4 Å². The van der Waals surface area contributed by atoms with Gasteiger partial charge in [0.25, 0.3) is 0 Å². The van der Waals surface area contributed by atoms with E-state index in [0.717, 1.165) is 5.56 Å². The van der Waals surface area contributed by atoms with Crippen LogP contribution < -0.4 is 11.1 Å². The van der Waals surface area contributed by atoms with E-state index in [9.17, 15) is 20.6 Å². The maximum atomic E-state index is 13.8. The highest BCUT2D eigenvalue weighted by atomic mass is 16.2. The molecular weight excluding hydrogens is 412 g/mol. The molecule has 0 bridgehead atoms. The van der Waals surface area contributed by atoms with Crippen molar-refractivity contribution in [3.8, 4) is 18.2 Å². The molecule has 0 radical (unpaired) electrons. The fourth-order valence-corrected chi connectivity index (χ4v) is 5.68. The number of hydrogen-bond donors (Lipinski definition) is 2. The molecule has 2 atom stereocenters. The van der Waals surface area contributed by atoms with Gasteiger partial charge in [-0.25, -0.2) is 0 Å². The highest BCUT2D eigenvalue weighted by Gasteiger charge is 2.71. The van der Waals surface area contributed by atoms with Crippen LogP contribution in [-0.4, -0.2) is 23.9 Å². The summed E-state index contributed by atoms with van der Waals surface area (Å²) >= 11 is 0. The molecule has 2 aromatic carbocycles. The third-order valence-electron chi connectivity index (χ3n) is 7.12. The second kappa shape index (κ2) is 7.35. The van der Waals surface area contributed by atoms with E-state index in [0.29, 0.717) is 36.5 Å². The molecule has 1 amide bonds. The largest absolute Gasteiger partial charge is 0.399 e. The topological polar surface area (TPSA) is 130 Å². The molecule has 2 aromatic rings. The molecule has 7 heteroatoms. The molecule has 0 aromatic heterocycles. The predicted molar refractivity (Wildman–Crippen MR) is 121 cm³/mol. The molecule has 1 aliphatic carbocycles. The molecule has 0 fully saturated rings. The van der Waals surface area contributed by atoms with Crippen molar-refractivity contribution in [1.29, 1.82) is 15.8 Å². The van der Waals surface area contributed by atoms with Crippen LogP contribution in [0.5, 0.6) is 0 Å². The summed E-state index contributed by atoms with van der Waals surface area (Å²) in [6, 6.07) is 23.3. The summed E-state index contributed by atoms with van der Waals surface area (Å²) in [5, 5.41) is 33.6. The van der Waals surface area contributed by atoms with Crippen LogP contribution in [0.2, 0.25) is 0 Å². The zero-order valence-corrected chi connectivity index (χ0v) is 17.7. The first kappa shape index (κ1) is 20.5. The number of nitrogens with one attached hydrogen (secondary N) is 1. The number of amides is 1. The number of benzene rings is 2. The Morgan fingerprint density at radius 2 is 1.76 bits per heavy atom. The number of rotatable bonds is 2. The van der Waals surface area contributed by atoms with Crippen LogP contribution >= 0.6 is 0 Å². The van der Waals surface area contributed by atoms with Gasteiger partial charge in [-0.3, -0.25) is 9.69 Å². The first-order valence-electron chi connectivity index (χ1n) is 10.6. The van der Waals surface area contributed by atoms with Gasteiger partial charge in [0, 0.05) is 31.2 Å². The summed E-state index contributed by atoms with van der Waals surface area (Å²) in [6.45, 7) is 1.59. The minimum absolute atomic E-state index is 0.130. The molecule has 1 spiro atoms. The first-order chi connectivity index (χ1) is 16.0. The van der Waals surface area contributed by atoms with Crippen molar-refractivity contribution in [1.82, 2.24) is 4.90 Å². The predicted octanol–water partition coefficient (Wildman–Crippen LogP) is 2.72. The number of allylic oxidation sites excluding steroid dienone is 2. The van der Waals surface area contributed by atoms with Crippen molar-refractivity contribution in [3.05, 3.63) is 88.6 Å². The summed E-state index contributed by atoms with van der Waals surface area (Å²) in [4.78, 5) is 15.9. The monoisotopic (exact) mass is 432 g/mol. The summed E-state index contributed by atoms with van der Waals surface area (Å²) in [7, 11) is 0. The van der Waals surface area contributed by atoms with Gasteiger partial charge >= 0.3 is 0 Å². The number of fused-ring (bicyclic) bond motifs is 4. The molecule has 3 aliphatic rings. The number of nitriles is 3. The van der Waals surface area contributed by atoms with Gasteiger partial charge in [0.2, 0.25) is 11.3 Å². The maximum absolute atomic E-state index is 13.8. The summed E-state index contributed by atoms with van der Waals surface area (Å²) in [6.07, 6.45) is 1.91. The van der Waals surface area contributed by atoms with Crippen molar-refractivity contribution in [3.63, 3.8) is 0 Å². The average Bonchev–Trinajstić information content (AvgIpc) is 3.14. The minimum atomic E-state index is -2.02. The second-order valence-corrected chi connectivity index (χ2v) is 8.57. The van der Waals surface area contributed by atoms with E-state index in [1.165, 1.54) is 0 Å². The molecule has 7 nitrogen and oxygen atoms in total. The van der Waals surface area contributed by atoms with Crippen LogP contribution in [0.25, 0.3) is 0 Å². The van der Waals surface area contributed by atoms with E-state index >= 15 is 0 Å². The molecule has 2 aliphatic heterocycles. The lowest BCUT2D eigenvalue weighted by atomic mass is 9.48. The van der Waals surface area contributed by atoms with Gasteiger partial charge in [0.1, 0.15) is 11.5 Å². The third kappa shape index (κ3) is 2.53. The number of carbonyl (C=O) groups is 1. The van der Waals surface area contributed by atoms with E-state index in [4.69, 9.17) is 5.73 Å². The fraction of sp³-hybridized carbons (Fsp3) is 0.231. The number of hydrogen-bond acceptors (Lipinski definition) is 6. The zero-order chi connectivity index (χ0) is 23.2. The molecule has 160 valence electrons. The molecule has 3 N–H and O–H groups in total. The van der Waals surface area contributed by atoms with Crippen LogP contribution in [0.4, 0.5) is 5.69 Å². The molecule has 0 saturated heterocycles. The van der Waals surface area contributed by atoms with E-state index in [1.807, 2.05) is 36.4 Å². The van der Waals surface area contributed by atoms with Gasteiger partial charge in [0.15, 0.2) is 0 Å². The lowest BCUT2D eigenvalue weighted by molar-refractivity contribution is -0.125. The van der Waals surface area contributed by atoms with Gasteiger partial charge in [-0.15, -0.1) is 0 Å². The first-order valence-corrected chi connectivity index (χ1v) is 10.6. The Hall–Kier alpha value is -4.38. The number of anilines is 1. The van der Waals surface area contributed by atoms with Crippen LogP contribution in [0, 0.1) is 45.3 Å². The third-order valence-corrected chi connectivity index (χ3v) is 7.12. The normalized spacial score (nSPS) is 25.2. The smallest absolute Gasteiger partial charge is 0.238 e. The van der Waals surface area contributed by atoms with Crippen LogP contribution in [0.1, 0.15) is 11.1 Å². The Balaban J connectivity index is 1.76. The van der Waals surface area contributed by atoms with Crippen molar-refractivity contribution >= 4 is 11.6 Å². The average molecular weight is 432 g/mol. The van der Waals surface area contributed by atoms with Crippen molar-refractivity contribution in [2.45, 2.75) is 12.0 Å². The summed E-state index contributed by atoms with van der Waals surface area (Å²) < 4.78 is 0. The quantitative estimate of drug-likeness (QED) is 0.750. The summed E-state index contributed by atoms with van der Waals surface area (Å²) in [5.41, 5.74) is 5.66. The van der Waals surface area contributed by atoms with Crippen LogP contribution in [-0.2, 0) is 16.8 Å². The number of nitrogens with zero attached hydrogens (tertiary/aromatic N) is 4. The second-order valence-electron chi connectivity index (χ2n) is 8.57. The maximum Gasteiger partial charge on any atom is 0.238 e. The number of nitrogens with two attached hydrogens (primary N) is 1. The Morgan fingerprint density at radius 3 is 2.45 bits per heavy atom. The number of para-hydroxylation sites is 1. The Bertz CT molecular complexity index is 1340. The van der Waals surface area contributed by atoms with E-state index in [-0.39, 0.29) is 11.3 Å². The van der Waals surface area contributed by atoms with Gasteiger partial charge in [-0.05, 0) is 22.8 Å². The fourth-order valence-electron chi connectivity index (χ4n) is 5.68. The van der Waals surface area contributed by atoms with E-state index in [2.05, 4.69) is 28.4 Å². The molecular formula is C26H20N6O. The lowest BCUT2D eigenvalue weighted by Gasteiger charge is -2.51. The number of carbonyl (C=O) groups excluding carboxylic acids is 1. The SMILES string of the molecule is N#CC1=C(N)C(C#N)(C#N)[C@]2(C(=O)Nc3ccccc32)[C@H]2CN(Cc3ccccc3)CC=C12. The highest BCUT2D eigenvalue weighted by molar-refractivity contribution is 6.09. The van der Waals surface area contributed by atoms with Crippen LogP contribution in [0.15, 0.2) is 77.5 Å². The molecule has 33 heavy (non-hydrogen) atoms. The van der Waals surface area contributed by atoms with Gasteiger partial charge < -0.3 is 11.1 Å². The molecule has 0 unspecified atom stereocenters. The minimum Gasteiger partial charge on any atom is -0.399 e. The van der Waals surface area contributed by atoms with Crippen LogP contribution in [0.3, 0.4) is 0 Å². The van der Waals surface area contributed by atoms with E-state index < -0.39 is 22.7 Å². The van der Waals surface area contributed by atoms with Crippen molar-refractivity contribution < 1.29 is 4.79 Å². The van der Waals surface area contributed by atoms with Crippen molar-refractivity contribution in [2.24, 2.45) is 17.1 Å². The van der Waals surface area contributed by atoms with Gasteiger partial charge in [-0.2, -0.15) is 15.8 Å². The van der Waals surface area contributed by atoms with E-state index in [1.54, 1.807) is 24.3 Å². The zero-order valence-electron chi connectivity index (χ0n) is 17.7. The standard InChI is InChI=1S/C26H20N6O/c27-12-19-18-10-11-32(13-17-6-2-1-3-7-17)14-21(18)26(25(15-28,16-29)23(19)30)20-8-4-5-9-22(20)31-24(26)33/h1-10,21H,11,13-14,30H2,(H,31,33)/t21-,26-/m0/s1. The Kier molecular flexibility index (Phi) is 4.57.